The van der Waals surface area contributed by atoms with Crippen LogP contribution in [0.1, 0.15) is 47.5 Å². The third-order valence-electron chi connectivity index (χ3n) is 3.03. The molecule has 0 rings (SSSR count). The zero-order chi connectivity index (χ0) is 12.1. The molecule has 0 aromatic carbocycles. The van der Waals surface area contributed by atoms with Crippen molar-refractivity contribution in [3.05, 3.63) is 0 Å². The van der Waals surface area contributed by atoms with E-state index >= 15 is 0 Å². The first-order valence-electron chi connectivity index (χ1n) is 5.69. The summed E-state index contributed by atoms with van der Waals surface area (Å²) in [5.74, 6) is -0.211. The van der Waals surface area contributed by atoms with Gasteiger partial charge in [-0.3, -0.25) is 4.79 Å². The molecule has 0 spiro atoms. The molecule has 0 aromatic heterocycles. The van der Waals surface area contributed by atoms with Gasteiger partial charge >= 0.3 is 5.97 Å². The van der Waals surface area contributed by atoms with Crippen LogP contribution in [-0.4, -0.2) is 23.8 Å². The molecular weight excluding hydrogens is 192 g/mol. The van der Waals surface area contributed by atoms with Crippen molar-refractivity contribution in [3.63, 3.8) is 0 Å². The fourth-order valence-electron chi connectivity index (χ4n) is 1.57. The van der Waals surface area contributed by atoms with Crippen LogP contribution in [0.3, 0.4) is 0 Å². The van der Waals surface area contributed by atoms with Gasteiger partial charge in [0.15, 0.2) is 0 Å². The minimum Gasteiger partial charge on any atom is -0.461 e. The number of hydrogen-bond donors (Lipinski definition) is 1. The fourth-order valence-corrected chi connectivity index (χ4v) is 1.57. The Kier molecular flexibility index (Phi) is 5.88. The van der Waals surface area contributed by atoms with Crippen molar-refractivity contribution in [1.29, 1.82) is 0 Å². The number of carbonyl (C=O) groups is 1. The minimum absolute atomic E-state index is 0.0181. The molecular formula is C12H24O3. The molecule has 0 bridgehead atoms. The Labute approximate surface area is 92.8 Å². The predicted molar refractivity (Wildman–Crippen MR) is 60.5 cm³/mol. The van der Waals surface area contributed by atoms with E-state index in [1.54, 1.807) is 6.92 Å². The van der Waals surface area contributed by atoms with Gasteiger partial charge in [-0.2, -0.15) is 0 Å². The molecule has 2 atom stereocenters. The maximum atomic E-state index is 11.3. The van der Waals surface area contributed by atoms with Crippen molar-refractivity contribution in [1.82, 2.24) is 0 Å². The number of hydrogen-bond acceptors (Lipinski definition) is 3. The van der Waals surface area contributed by atoms with E-state index in [1.165, 1.54) is 0 Å². The van der Waals surface area contributed by atoms with Crippen molar-refractivity contribution in [2.45, 2.75) is 53.6 Å². The average molecular weight is 216 g/mol. The molecule has 15 heavy (non-hydrogen) atoms. The highest BCUT2D eigenvalue weighted by atomic mass is 16.5. The van der Waals surface area contributed by atoms with Gasteiger partial charge in [0.2, 0.25) is 0 Å². The number of rotatable bonds is 6. The zero-order valence-electron chi connectivity index (χ0n) is 10.5. The Balaban J connectivity index is 4.65. The summed E-state index contributed by atoms with van der Waals surface area (Å²) in [6.45, 7) is 9.93. The van der Waals surface area contributed by atoms with Crippen LogP contribution in [0.5, 0.6) is 0 Å². The Morgan fingerprint density at radius 1 is 1.40 bits per heavy atom. The average Bonchev–Trinajstić information content (AvgIpc) is 2.24. The van der Waals surface area contributed by atoms with Crippen molar-refractivity contribution in [2.75, 3.05) is 6.61 Å². The second-order valence-electron chi connectivity index (χ2n) is 4.77. The molecule has 0 aromatic rings. The lowest BCUT2D eigenvalue weighted by Crippen LogP contribution is -2.40. The molecule has 1 N–H and O–H groups in total. The topological polar surface area (TPSA) is 46.5 Å². The van der Waals surface area contributed by atoms with Gasteiger partial charge in [-0.1, -0.05) is 34.6 Å². The van der Waals surface area contributed by atoms with E-state index in [4.69, 9.17) is 9.84 Å². The summed E-state index contributed by atoms with van der Waals surface area (Å²) in [4.78, 5) is 11.3. The summed E-state index contributed by atoms with van der Waals surface area (Å²) in [5, 5.41) is 9.16. The van der Waals surface area contributed by atoms with Crippen molar-refractivity contribution in [3.8, 4) is 0 Å². The molecule has 3 heteroatoms. The molecule has 0 aliphatic heterocycles. The molecule has 3 nitrogen and oxygen atoms in total. The predicted octanol–water partition coefficient (Wildman–Crippen LogP) is 2.37. The van der Waals surface area contributed by atoms with Gasteiger partial charge in [-0.15, -0.1) is 0 Å². The SMILES string of the molecule is CCC(=O)OC(C(C)CO)C(C)(C)CC. The van der Waals surface area contributed by atoms with Crippen LogP contribution < -0.4 is 0 Å². The highest BCUT2D eigenvalue weighted by Gasteiger charge is 2.34. The van der Waals surface area contributed by atoms with Crippen molar-refractivity contribution < 1.29 is 14.6 Å². The lowest BCUT2D eigenvalue weighted by atomic mass is 9.78. The van der Waals surface area contributed by atoms with E-state index in [0.29, 0.717) is 6.42 Å². The van der Waals surface area contributed by atoms with E-state index in [9.17, 15) is 4.79 Å². The number of ether oxygens (including phenoxy) is 1. The van der Waals surface area contributed by atoms with E-state index in [0.717, 1.165) is 6.42 Å². The Hall–Kier alpha value is -0.570. The first-order chi connectivity index (χ1) is 6.88. The van der Waals surface area contributed by atoms with Gasteiger partial charge in [0.1, 0.15) is 6.10 Å². The van der Waals surface area contributed by atoms with Crippen LogP contribution in [0.2, 0.25) is 0 Å². The molecule has 0 saturated heterocycles. The van der Waals surface area contributed by atoms with Gasteiger partial charge in [-0.05, 0) is 6.42 Å². The van der Waals surface area contributed by atoms with Crippen molar-refractivity contribution in [2.24, 2.45) is 11.3 Å². The van der Waals surface area contributed by atoms with E-state index < -0.39 is 0 Å². The maximum absolute atomic E-state index is 11.3. The fraction of sp³-hybridized carbons (Fsp3) is 0.917. The normalized spacial score (nSPS) is 15.9. The van der Waals surface area contributed by atoms with Crippen LogP contribution in [0.25, 0.3) is 0 Å². The number of carbonyl (C=O) groups excluding carboxylic acids is 1. The molecule has 0 saturated carbocycles. The summed E-state index contributed by atoms with van der Waals surface area (Å²) in [6, 6.07) is 0. The van der Waals surface area contributed by atoms with Gasteiger partial charge in [0.05, 0.1) is 0 Å². The Bertz CT molecular complexity index is 199. The maximum Gasteiger partial charge on any atom is 0.305 e. The highest BCUT2D eigenvalue weighted by molar-refractivity contribution is 5.69. The summed E-state index contributed by atoms with van der Waals surface area (Å²) in [6.07, 6.45) is 1.09. The number of aliphatic hydroxyl groups excluding tert-OH is 1. The van der Waals surface area contributed by atoms with Crippen LogP contribution in [-0.2, 0) is 9.53 Å². The third-order valence-corrected chi connectivity index (χ3v) is 3.03. The third kappa shape index (κ3) is 4.20. The molecule has 0 amide bonds. The van der Waals surface area contributed by atoms with Gasteiger partial charge < -0.3 is 9.84 Å². The van der Waals surface area contributed by atoms with E-state index in [-0.39, 0.29) is 30.0 Å². The zero-order valence-corrected chi connectivity index (χ0v) is 10.5. The molecule has 0 fully saturated rings. The Morgan fingerprint density at radius 3 is 2.27 bits per heavy atom. The van der Waals surface area contributed by atoms with Crippen LogP contribution >= 0.6 is 0 Å². The van der Waals surface area contributed by atoms with Crippen molar-refractivity contribution >= 4 is 5.97 Å². The van der Waals surface area contributed by atoms with Crippen LogP contribution in [0, 0.1) is 11.3 Å². The largest absolute Gasteiger partial charge is 0.461 e. The summed E-state index contributed by atoms with van der Waals surface area (Å²) in [5.41, 5.74) is -0.0903. The first kappa shape index (κ1) is 14.4. The van der Waals surface area contributed by atoms with E-state index in [2.05, 4.69) is 20.8 Å². The van der Waals surface area contributed by atoms with Crippen LogP contribution in [0.15, 0.2) is 0 Å². The number of esters is 1. The smallest absolute Gasteiger partial charge is 0.305 e. The second kappa shape index (κ2) is 6.11. The second-order valence-corrected chi connectivity index (χ2v) is 4.77. The monoisotopic (exact) mass is 216 g/mol. The highest BCUT2D eigenvalue weighted by Crippen LogP contribution is 2.32. The molecule has 90 valence electrons. The lowest BCUT2D eigenvalue weighted by molar-refractivity contribution is -0.160. The molecule has 0 radical (unpaired) electrons. The Morgan fingerprint density at radius 2 is 1.93 bits per heavy atom. The summed E-state index contributed by atoms with van der Waals surface area (Å²) >= 11 is 0. The van der Waals surface area contributed by atoms with Gasteiger partial charge in [0.25, 0.3) is 0 Å². The lowest BCUT2D eigenvalue weighted by Gasteiger charge is -2.36. The molecule has 0 aliphatic rings. The first-order valence-corrected chi connectivity index (χ1v) is 5.69. The van der Waals surface area contributed by atoms with Crippen LogP contribution in [0.4, 0.5) is 0 Å². The molecule has 0 heterocycles. The van der Waals surface area contributed by atoms with Gasteiger partial charge in [0, 0.05) is 24.4 Å². The van der Waals surface area contributed by atoms with E-state index in [1.807, 2.05) is 6.92 Å². The molecule has 2 unspecified atom stereocenters. The summed E-state index contributed by atoms with van der Waals surface area (Å²) in [7, 11) is 0. The van der Waals surface area contributed by atoms with Gasteiger partial charge in [-0.25, -0.2) is 0 Å². The quantitative estimate of drug-likeness (QED) is 0.693. The standard InChI is InChI=1S/C12H24O3/c1-6-10(14)15-11(9(3)8-13)12(4,5)7-2/h9,11,13H,6-8H2,1-5H3. The minimum atomic E-state index is -0.208. The molecule has 0 aliphatic carbocycles. The number of aliphatic hydroxyl groups is 1. The summed E-state index contributed by atoms with van der Waals surface area (Å²) < 4.78 is 5.41.